The molecule has 1 aliphatic heterocycles. The third kappa shape index (κ3) is 4.65. The Balaban J connectivity index is 1.74. The maximum atomic E-state index is 11.8. The summed E-state index contributed by atoms with van der Waals surface area (Å²) in [5.41, 5.74) is 1.44. The lowest BCUT2D eigenvalue weighted by Crippen LogP contribution is -2.50. The second-order valence-corrected chi connectivity index (χ2v) is 7.15. The summed E-state index contributed by atoms with van der Waals surface area (Å²) in [4.78, 5) is 16.1. The van der Waals surface area contributed by atoms with Crippen LogP contribution < -0.4 is 0 Å². The van der Waals surface area contributed by atoms with Crippen LogP contribution in [0.1, 0.15) is 18.1 Å². The molecule has 132 valence electrons. The fourth-order valence-corrected chi connectivity index (χ4v) is 3.52. The highest BCUT2D eigenvalue weighted by molar-refractivity contribution is 5.16. The number of nitro groups is 1. The van der Waals surface area contributed by atoms with Gasteiger partial charge in [0.05, 0.1) is 13.1 Å². The molecule has 1 fully saturated rings. The van der Waals surface area contributed by atoms with Gasteiger partial charge in [0.1, 0.15) is 0 Å². The van der Waals surface area contributed by atoms with Crippen molar-refractivity contribution in [3.8, 4) is 0 Å². The highest BCUT2D eigenvalue weighted by Gasteiger charge is 2.42. The summed E-state index contributed by atoms with van der Waals surface area (Å²) in [6.45, 7) is 5.90. The smallest absolute Gasteiger partial charge is 0.244 e. The van der Waals surface area contributed by atoms with Crippen LogP contribution in [0.3, 0.4) is 0 Å². The summed E-state index contributed by atoms with van der Waals surface area (Å²) in [5, 5.41) is 11.8. The molecule has 0 unspecified atom stereocenters. The van der Waals surface area contributed by atoms with E-state index in [9.17, 15) is 10.1 Å². The molecule has 5 heteroatoms. The molecule has 0 amide bonds. The Morgan fingerprint density at radius 2 is 1.28 bits per heavy atom. The Morgan fingerprint density at radius 1 is 0.880 bits per heavy atom. The van der Waals surface area contributed by atoms with Gasteiger partial charge in [-0.3, -0.25) is 19.9 Å². The zero-order valence-electron chi connectivity index (χ0n) is 14.7. The lowest BCUT2D eigenvalue weighted by atomic mass is 10.0. The first-order valence-corrected chi connectivity index (χ1v) is 8.72. The maximum Gasteiger partial charge on any atom is 0.244 e. The predicted molar refractivity (Wildman–Crippen MR) is 98.8 cm³/mol. The van der Waals surface area contributed by atoms with Gasteiger partial charge in [0.2, 0.25) is 5.54 Å². The topological polar surface area (TPSA) is 49.6 Å². The van der Waals surface area contributed by atoms with Crippen molar-refractivity contribution in [3.63, 3.8) is 0 Å². The van der Waals surface area contributed by atoms with Gasteiger partial charge in [-0.25, -0.2) is 0 Å². The van der Waals surface area contributed by atoms with Gasteiger partial charge in [-0.1, -0.05) is 60.7 Å². The molecule has 1 saturated heterocycles. The van der Waals surface area contributed by atoms with Crippen molar-refractivity contribution in [3.05, 3.63) is 81.9 Å². The first kappa shape index (κ1) is 17.6. The summed E-state index contributed by atoms with van der Waals surface area (Å²) in [5.74, 6) is 0. The molecule has 0 N–H and O–H groups in total. The second kappa shape index (κ2) is 7.76. The molecule has 5 nitrogen and oxygen atoms in total. The third-order valence-electron chi connectivity index (χ3n) is 4.80. The number of hydrogen-bond donors (Lipinski definition) is 0. The molecule has 0 bridgehead atoms. The van der Waals surface area contributed by atoms with Crippen molar-refractivity contribution in [1.82, 2.24) is 9.80 Å². The zero-order valence-corrected chi connectivity index (χ0v) is 14.7. The molecule has 3 rings (SSSR count). The van der Waals surface area contributed by atoms with Gasteiger partial charge in [-0.05, 0) is 11.1 Å². The van der Waals surface area contributed by atoms with Crippen LogP contribution in [0.2, 0.25) is 0 Å². The minimum Gasteiger partial charge on any atom is -0.291 e. The van der Waals surface area contributed by atoms with Gasteiger partial charge >= 0.3 is 0 Å². The van der Waals surface area contributed by atoms with Crippen molar-refractivity contribution in [2.45, 2.75) is 25.6 Å². The van der Waals surface area contributed by atoms with Gasteiger partial charge < -0.3 is 0 Å². The van der Waals surface area contributed by atoms with E-state index in [-0.39, 0.29) is 4.92 Å². The van der Waals surface area contributed by atoms with Gasteiger partial charge in [0.15, 0.2) is 0 Å². The zero-order chi connectivity index (χ0) is 17.7. The van der Waals surface area contributed by atoms with Crippen LogP contribution in [-0.4, -0.2) is 46.4 Å². The lowest BCUT2D eigenvalue weighted by Gasteiger charge is -2.27. The van der Waals surface area contributed by atoms with E-state index in [2.05, 4.69) is 34.1 Å². The van der Waals surface area contributed by atoms with E-state index in [0.717, 1.165) is 26.2 Å². The quantitative estimate of drug-likeness (QED) is 0.621. The summed E-state index contributed by atoms with van der Waals surface area (Å²) >= 11 is 0. The lowest BCUT2D eigenvalue weighted by molar-refractivity contribution is -0.565. The van der Waals surface area contributed by atoms with E-state index in [4.69, 9.17) is 0 Å². The maximum absolute atomic E-state index is 11.8. The molecule has 25 heavy (non-hydrogen) atoms. The average Bonchev–Trinajstić information content (AvgIpc) is 2.76. The van der Waals surface area contributed by atoms with Crippen LogP contribution in [0.4, 0.5) is 0 Å². The molecule has 1 aliphatic rings. The standard InChI is InChI=1S/C20H25N3O2/c1-20(23(24)25)16-21(14-18-8-4-2-5-9-18)12-13-22(17-20)15-19-10-6-3-7-11-19/h2-11H,12-17H2,1H3. The van der Waals surface area contributed by atoms with E-state index in [1.54, 1.807) is 6.92 Å². The number of benzene rings is 2. The highest BCUT2D eigenvalue weighted by atomic mass is 16.6. The largest absolute Gasteiger partial charge is 0.291 e. The number of nitrogens with zero attached hydrogens (tertiary/aromatic N) is 3. The molecule has 0 aliphatic carbocycles. The Kier molecular flexibility index (Phi) is 5.46. The van der Waals surface area contributed by atoms with E-state index in [0.29, 0.717) is 13.1 Å². The Labute approximate surface area is 149 Å². The van der Waals surface area contributed by atoms with Crippen LogP contribution in [0.5, 0.6) is 0 Å². The van der Waals surface area contributed by atoms with Crippen LogP contribution in [0.25, 0.3) is 0 Å². The molecule has 0 spiro atoms. The monoisotopic (exact) mass is 339 g/mol. The summed E-state index contributed by atoms with van der Waals surface area (Å²) in [6.07, 6.45) is 0. The van der Waals surface area contributed by atoms with Crippen LogP contribution in [0, 0.1) is 10.1 Å². The minimum atomic E-state index is -0.958. The predicted octanol–water partition coefficient (Wildman–Crippen LogP) is 3.04. The van der Waals surface area contributed by atoms with Crippen molar-refractivity contribution in [1.29, 1.82) is 0 Å². The van der Waals surface area contributed by atoms with E-state index >= 15 is 0 Å². The van der Waals surface area contributed by atoms with Gasteiger partial charge in [0, 0.05) is 38.0 Å². The number of rotatable bonds is 5. The van der Waals surface area contributed by atoms with Crippen LogP contribution in [-0.2, 0) is 13.1 Å². The Morgan fingerprint density at radius 3 is 1.64 bits per heavy atom. The van der Waals surface area contributed by atoms with E-state index in [1.807, 2.05) is 36.4 Å². The van der Waals surface area contributed by atoms with Crippen LogP contribution >= 0.6 is 0 Å². The highest BCUT2D eigenvalue weighted by Crippen LogP contribution is 2.21. The second-order valence-electron chi connectivity index (χ2n) is 7.15. The molecule has 2 aromatic carbocycles. The molecule has 0 radical (unpaired) electrons. The summed E-state index contributed by atoms with van der Waals surface area (Å²) < 4.78 is 0. The van der Waals surface area contributed by atoms with Crippen molar-refractivity contribution < 1.29 is 4.92 Å². The van der Waals surface area contributed by atoms with Gasteiger partial charge in [-0.2, -0.15) is 0 Å². The summed E-state index contributed by atoms with van der Waals surface area (Å²) in [6, 6.07) is 20.4. The minimum absolute atomic E-state index is 0.103. The van der Waals surface area contributed by atoms with Gasteiger partial charge in [-0.15, -0.1) is 0 Å². The molecule has 0 atom stereocenters. The number of hydrogen-bond acceptors (Lipinski definition) is 4. The molecular weight excluding hydrogens is 314 g/mol. The van der Waals surface area contributed by atoms with Gasteiger partial charge in [0.25, 0.3) is 0 Å². The van der Waals surface area contributed by atoms with E-state index < -0.39 is 5.54 Å². The fraction of sp³-hybridized carbons (Fsp3) is 0.400. The summed E-state index contributed by atoms with van der Waals surface area (Å²) in [7, 11) is 0. The normalized spacial score (nSPS) is 18.6. The molecule has 0 aromatic heterocycles. The molecule has 2 aromatic rings. The first-order valence-electron chi connectivity index (χ1n) is 8.72. The fourth-order valence-electron chi connectivity index (χ4n) is 3.52. The average molecular weight is 339 g/mol. The Bertz CT molecular complexity index is 639. The van der Waals surface area contributed by atoms with Crippen molar-refractivity contribution >= 4 is 0 Å². The third-order valence-corrected chi connectivity index (χ3v) is 4.80. The van der Waals surface area contributed by atoms with Crippen LogP contribution in [0.15, 0.2) is 60.7 Å². The SMILES string of the molecule is CC1([N+](=O)[O-])CN(Cc2ccccc2)CCN(Cc2ccccc2)C1. The molecule has 1 heterocycles. The van der Waals surface area contributed by atoms with Crippen molar-refractivity contribution in [2.24, 2.45) is 0 Å². The van der Waals surface area contributed by atoms with E-state index in [1.165, 1.54) is 11.1 Å². The van der Waals surface area contributed by atoms with Crippen molar-refractivity contribution in [2.75, 3.05) is 26.2 Å². The molecule has 0 saturated carbocycles. The first-order chi connectivity index (χ1) is 12.0. The molecular formula is C20H25N3O2. The Hall–Kier alpha value is -2.24.